The highest BCUT2D eigenvalue weighted by molar-refractivity contribution is 7.89. The van der Waals surface area contributed by atoms with E-state index in [1.54, 1.807) is 0 Å². The lowest BCUT2D eigenvalue weighted by Crippen LogP contribution is -2.27. The van der Waals surface area contributed by atoms with E-state index in [9.17, 15) is 13.2 Å². The van der Waals surface area contributed by atoms with Gasteiger partial charge in [0.2, 0.25) is 15.9 Å². The highest BCUT2D eigenvalue weighted by atomic mass is 32.2. The molecule has 1 amide bonds. The number of hydrogen-bond acceptors (Lipinski definition) is 5. The van der Waals surface area contributed by atoms with Gasteiger partial charge in [0, 0.05) is 37.8 Å². The molecule has 0 bridgehead atoms. The van der Waals surface area contributed by atoms with Crippen LogP contribution in [0.3, 0.4) is 0 Å². The number of nitrogens with one attached hydrogen (secondary N) is 1. The molecule has 0 atom stereocenters. The average molecular weight is 443 g/mol. The third-order valence-electron chi connectivity index (χ3n) is 5.01. The van der Waals surface area contributed by atoms with Crippen molar-refractivity contribution in [3.05, 3.63) is 65.5 Å². The third-order valence-corrected chi connectivity index (χ3v) is 6.81. The van der Waals surface area contributed by atoms with Crippen LogP contribution in [0.2, 0.25) is 0 Å². The van der Waals surface area contributed by atoms with Crippen LogP contribution in [-0.2, 0) is 21.4 Å². The van der Waals surface area contributed by atoms with Crippen LogP contribution in [0.4, 0.5) is 5.69 Å². The van der Waals surface area contributed by atoms with Gasteiger partial charge in [0.1, 0.15) is 5.75 Å². The number of carbonyl (C=O) groups excluding carboxylic acids is 1. The first kappa shape index (κ1) is 22.5. The molecule has 0 saturated carbocycles. The Morgan fingerprint density at radius 3 is 2.45 bits per heavy atom. The summed E-state index contributed by atoms with van der Waals surface area (Å²) in [5.74, 6) is 0.00124. The normalized spacial score (nSPS) is 11.5. The monoisotopic (exact) mass is 442 g/mol. The Labute approximate surface area is 182 Å². The Kier molecular flexibility index (Phi) is 6.47. The van der Waals surface area contributed by atoms with Crippen molar-refractivity contribution in [2.24, 2.45) is 0 Å². The van der Waals surface area contributed by atoms with Crippen LogP contribution in [0.25, 0.3) is 5.69 Å². The molecule has 31 heavy (non-hydrogen) atoms. The Hall–Kier alpha value is -3.17. The Morgan fingerprint density at radius 2 is 1.84 bits per heavy atom. The first-order chi connectivity index (χ1) is 14.6. The van der Waals surface area contributed by atoms with E-state index in [2.05, 4.69) is 10.4 Å². The topological polar surface area (TPSA) is 93.5 Å². The predicted molar refractivity (Wildman–Crippen MR) is 119 cm³/mol. The van der Waals surface area contributed by atoms with E-state index in [4.69, 9.17) is 4.74 Å². The zero-order valence-electron chi connectivity index (χ0n) is 18.2. The highest BCUT2D eigenvalue weighted by Crippen LogP contribution is 2.30. The molecular formula is C22H26N4O4S. The van der Waals surface area contributed by atoms with Gasteiger partial charge in [-0.2, -0.15) is 9.40 Å². The molecule has 0 aliphatic heterocycles. The summed E-state index contributed by atoms with van der Waals surface area (Å²) in [6.45, 7) is 5.34. The van der Waals surface area contributed by atoms with Crippen molar-refractivity contribution < 1.29 is 17.9 Å². The molecule has 0 saturated heterocycles. The van der Waals surface area contributed by atoms with Gasteiger partial charge in [0.25, 0.3) is 0 Å². The summed E-state index contributed by atoms with van der Waals surface area (Å²) in [5.41, 5.74) is 3.81. The fourth-order valence-corrected chi connectivity index (χ4v) is 4.49. The summed E-state index contributed by atoms with van der Waals surface area (Å²) < 4.78 is 34.7. The third kappa shape index (κ3) is 4.62. The molecule has 0 unspecified atom stereocenters. The number of amides is 1. The van der Waals surface area contributed by atoms with Gasteiger partial charge in [-0.15, -0.1) is 0 Å². The summed E-state index contributed by atoms with van der Waals surface area (Å²) in [5, 5.41) is 7.21. The Morgan fingerprint density at radius 1 is 1.16 bits per heavy atom. The van der Waals surface area contributed by atoms with E-state index in [0.29, 0.717) is 5.69 Å². The molecule has 0 aliphatic rings. The summed E-state index contributed by atoms with van der Waals surface area (Å²) in [7, 11) is -0.848. The van der Waals surface area contributed by atoms with Crippen molar-refractivity contribution in [1.82, 2.24) is 14.1 Å². The lowest BCUT2D eigenvalue weighted by Gasteiger charge is -2.19. The van der Waals surface area contributed by atoms with E-state index in [-0.39, 0.29) is 23.1 Å². The standard InChI is InChI=1S/C22H26N4O4S/c1-15-20(16(2)26(24-15)18-9-7-6-8-10-18)14-25(4)31(28,29)19-11-12-21(23-17(3)27)22(13-19)30-5/h6-13H,14H2,1-5H3,(H,23,27). The van der Waals surface area contributed by atoms with Gasteiger partial charge in [-0.25, -0.2) is 13.1 Å². The number of anilines is 1. The van der Waals surface area contributed by atoms with E-state index in [0.717, 1.165) is 22.6 Å². The van der Waals surface area contributed by atoms with Gasteiger partial charge in [-0.05, 0) is 38.1 Å². The van der Waals surface area contributed by atoms with Gasteiger partial charge in [0.15, 0.2) is 0 Å². The molecule has 2 aromatic carbocycles. The summed E-state index contributed by atoms with van der Waals surface area (Å²) in [6.07, 6.45) is 0. The molecule has 1 aromatic heterocycles. The maximum absolute atomic E-state index is 13.2. The minimum Gasteiger partial charge on any atom is -0.495 e. The van der Waals surface area contributed by atoms with Crippen molar-refractivity contribution in [3.8, 4) is 11.4 Å². The van der Waals surface area contributed by atoms with E-state index in [1.807, 2.05) is 48.9 Å². The van der Waals surface area contributed by atoms with Crippen LogP contribution in [-0.4, -0.2) is 42.6 Å². The zero-order chi connectivity index (χ0) is 22.8. The van der Waals surface area contributed by atoms with Gasteiger partial charge in [-0.3, -0.25) is 4.79 Å². The molecule has 0 radical (unpaired) electrons. The molecule has 1 N–H and O–H groups in total. The molecule has 0 aliphatic carbocycles. The predicted octanol–water partition coefficient (Wildman–Crippen LogP) is 3.28. The van der Waals surface area contributed by atoms with Crippen molar-refractivity contribution in [1.29, 1.82) is 0 Å². The fraction of sp³-hybridized carbons (Fsp3) is 0.273. The van der Waals surface area contributed by atoms with Crippen LogP contribution in [0, 0.1) is 13.8 Å². The van der Waals surface area contributed by atoms with E-state index < -0.39 is 10.0 Å². The lowest BCUT2D eigenvalue weighted by atomic mass is 10.2. The minimum atomic E-state index is -3.80. The molecule has 9 heteroatoms. The van der Waals surface area contributed by atoms with Crippen LogP contribution in [0.15, 0.2) is 53.4 Å². The molecular weight excluding hydrogens is 416 g/mol. The molecule has 8 nitrogen and oxygen atoms in total. The van der Waals surface area contributed by atoms with Crippen molar-refractivity contribution in [2.45, 2.75) is 32.2 Å². The highest BCUT2D eigenvalue weighted by Gasteiger charge is 2.25. The largest absolute Gasteiger partial charge is 0.495 e. The van der Waals surface area contributed by atoms with Crippen molar-refractivity contribution >= 4 is 21.6 Å². The zero-order valence-corrected chi connectivity index (χ0v) is 19.0. The summed E-state index contributed by atoms with van der Waals surface area (Å²) in [6, 6.07) is 14.1. The first-order valence-electron chi connectivity index (χ1n) is 9.67. The summed E-state index contributed by atoms with van der Waals surface area (Å²) >= 11 is 0. The fourth-order valence-electron chi connectivity index (χ4n) is 3.34. The quantitative estimate of drug-likeness (QED) is 0.606. The minimum absolute atomic E-state index is 0.0757. The maximum atomic E-state index is 13.2. The number of carbonyl (C=O) groups is 1. The Bertz CT molecular complexity index is 1200. The number of ether oxygens (including phenoxy) is 1. The number of rotatable bonds is 7. The second-order valence-electron chi connectivity index (χ2n) is 7.20. The van der Waals surface area contributed by atoms with Crippen molar-refractivity contribution in [2.75, 3.05) is 19.5 Å². The second-order valence-corrected chi connectivity index (χ2v) is 9.25. The molecule has 3 aromatic rings. The van der Waals surface area contributed by atoms with Gasteiger partial charge in [-0.1, -0.05) is 18.2 Å². The number of hydrogen-bond donors (Lipinski definition) is 1. The number of para-hydroxylation sites is 1. The van der Waals surface area contributed by atoms with Crippen LogP contribution >= 0.6 is 0 Å². The number of aryl methyl sites for hydroxylation is 1. The number of nitrogens with zero attached hydrogens (tertiary/aromatic N) is 3. The lowest BCUT2D eigenvalue weighted by molar-refractivity contribution is -0.114. The number of sulfonamides is 1. The second kappa shape index (κ2) is 8.91. The number of methoxy groups -OCH3 is 1. The van der Waals surface area contributed by atoms with Crippen LogP contribution < -0.4 is 10.1 Å². The van der Waals surface area contributed by atoms with Crippen LogP contribution in [0.5, 0.6) is 5.75 Å². The Balaban J connectivity index is 1.91. The average Bonchev–Trinajstić information content (AvgIpc) is 3.02. The number of benzene rings is 2. The van der Waals surface area contributed by atoms with Gasteiger partial charge in [0.05, 0.1) is 29.1 Å². The van der Waals surface area contributed by atoms with E-state index in [1.165, 1.54) is 43.6 Å². The SMILES string of the molecule is COc1cc(S(=O)(=O)N(C)Cc2c(C)nn(-c3ccccc3)c2C)ccc1NC(C)=O. The van der Waals surface area contributed by atoms with Crippen LogP contribution in [0.1, 0.15) is 23.9 Å². The maximum Gasteiger partial charge on any atom is 0.243 e. The first-order valence-corrected chi connectivity index (χ1v) is 11.1. The van der Waals surface area contributed by atoms with E-state index >= 15 is 0 Å². The molecule has 164 valence electrons. The molecule has 1 heterocycles. The number of aromatic nitrogens is 2. The molecule has 3 rings (SSSR count). The van der Waals surface area contributed by atoms with Gasteiger partial charge >= 0.3 is 0 Å². The molecule has 0 spiro atoms. The summed E-state index contributed by atoms with van der Waals surface area (Å²) in [4.78, 5) is 11.4. The smallest absolute Gasteiger partial charge is 0.243 e. The molecule has 0 fully saturated rings. The van der Waals surface area contributed by atoms with Gasteiger partial charge < -0.3 is 10.1 Å². The van der Waals surface area contributed by atoms with Crippen molar-refractivity contribution in [3.63, 3.8) is 0 Å².